The molecule has 0 N–H and O–H groups in total. The Hall–Kier alpha value is -4.53. The molecule has 9 nitrogen and oxygen atoms in total. The predicted octanol–water partition coefficient (Wildman–Crippen LogP) is 6.47. The van der Waals surface area contributed by atoms with Gasteiger partial charge in [-0.25, -0.2) is 4.98 Å². The Kier molecular flexibility index (Phi) is 8.09. The van der Waals surface area contributed by atoms with E-state index in [1.807, 2.05) is 39.0 Å². The van der Waals surface area contributed by atoms with Crippen molar-refractivity contribution in [2.75, 3.05) is 7.11 Å². The number of hydrogen-bond donors (Lipinski definition) is 0. The van der Waals surface area contributed by atoms with E-state index in [0.717, 1.165) is 22.4 Å². The molecule has 0 saturated heterocycles. The van der Waals surface area contributed by atoms with Crippen molar-refractivity contribution in [1.82, 2.24) is 9.66 Å². The van der Waals surface area contributed by atoms with Crippen LogP contribution in [0.4, 0.5) is 5.69 Å². The van der Waals surface area contributed by atoms with Crippen molar-refractivity contribution in [3.63, 3.8) is 0 Å². The first-order valence-corrected chi connectivity index (χ1v) is 12.8. The maximum absolute atomic E-state index is 13.6. The Morgan fingerprint density at radius 3 is 2.51 bits per heavy atom. The van der Waals surface area contributed by atoms with Gasteiger partial charge in [-0.3, -0.25) is 14.9 Å². The molecule has 4 rings (SSSR count). The number of methoxy groups -OCH3 is 1. The van der Waals surface area contributed by atoms with Crippen LogP contribution in [-0.2, 0) is 0 Å². The normalized spacial score (nSPS) is 12.3. The molecule has 3 aromatic carbocycles. The summed E-state index contributed by atoms with van der Waals surface area (Å²) in [6.45, 7) is 9.86. The number of aryl methyl sites for hydroxylation is 1. The highest BCUT2D eigenvalue weighted by molar-refractivity contribution is 5.83. The quantitative estimate of drug-likeness (QED) is 0.140. The predicted molar refractivity (Wildman–Crippen MR) is 153 cm³/mol. The van der Waals surface area contributed by atoms with Crippen LogP contribution in [-0.4, -0.2) is 34.0 Å². The molecule has 0 aliphatic carbocycles. The number of aromatic nitrogens is 2. The van der Waals surface area contributed by atoms with Crippen molar-refractivity contribution in [3.8, 4) is 22.9 Å². The summed E-state index contributed by atoms with van der Waals surface area (Å²) in [7, 11) is 1.63. The number of fused-ring (bicyclic) bond motifs is 1. The fourth-order valence-electron chi connectivity index (χ4n) is 4.25. The smallest absolute Gasteiger partial charge is 0.311 e. The van der Waals surface area contributed by atoms with Crippen LogP contribution in [0.2, 0.25) is 0 Å². The van der Waals surface area contributed by atoms with Crippen molar-refractivity contribution >= 4 is 22.8 Å². The van der Waals surface area contributed by atoms with Gasteiger partial charge in [0.1, 0.15) is 5.75 Å². The molecule has 1 atom stereocenters. The average molecular weight is 529 g/mol. The van der Waals surface area contributed by atoms with Gasteiger partial charge in [0.25, 0.3) is 5.56 Å². The molecule has 0 amide bonds. The maximum atomic E-state index is 13.6. The third-order valence-corrected chi connectivity index (χ3v) is 6.60. The Morgan fingerprint density at radius 1 is 1.10 bits per heavy atom. The minimum atomic E-state index is -0.488. The monoisotopic (exact) mass is 528 g/mol. The Balaban J connectivity index is 1.90. The van der Waals surface area contributed by atoms with E-state index in [4.69, 9.17) is 14.5 Å². The van der Waals surface area contributed by atoms with E-state index in [2.05, 4.69) is 18.9 Å². The zero-order chi connectivity index (χ0) is 28.3. The fourth-order valence-corrected chi connectivity index (χ4v) is 4.25. The second-order valence-electron chi connectivity index (χ2n) is 9.70. The standard InChI is InChI=1S/C30H32N4O5/c1-7-20(5)39-27-13-12-21(15-26(27)34(36)37)17-31-33-29(32-25-11-9-8-10-22(25)30(33)35)24-16-23(18(2)3)28(38-6)14-19(24)4/h8-18,20H,7H2,1-6H3/t20-/m1/s1. The fraction of sp³-hybridized carbons (Fsp3) is 0.300. The Morgan fingerprint density at radius 2 is 1.85 bits per heavy atom. The van der Waals surface area contributed by atoms with Crippen LogP contribution in [0.3, 0.4) is 0 Å². The molecule has 202 valence electrons. The summed E-state index contributed by atoms with van der Waals surface area (Å²) >= 11 is 0. The molecule has 9 heteroatoms. The number of nitro groups is 1. The number of hydrogen-bond acceptors (Lipinski definition) is 7. The summed E-state index contributed by atoms with van der Waals surface area (Å²) in [5.41, 5.74) is 3.05. The number of benzene rings is 3. The van der Waals surface area contributed by atoms with Gasteiger partial charge in [0.15, 0.2) is 11.6 Å². The van der Waals surface area contributed by atoms with E-state index >= 15 is 0 Å². The number of ether oxygens (including phenoxy) is 2. The molecule has 0 bridgehead atoms. The van der Waals surface area contributed by atoms with Crippen molar-refractivity contribution in [1.29, 1.82) is 0 Å². The largest absolute Gasteiger partial charge is 0.496 e. The van der Waals surface area contributed by atoms with E-state index < -0.39 is 4.92 Å². The van der Waals surface area contributed by atoms with Gasteiger partial charge < -0.3 is 9.47 Å². The van der Waals surface area contributed by atoms with Crippen molar-refractivity contribution in [2.45, 2.75) is 53.1 Å². The topological polar surface area (TPSA) is 109 Å². The minimum Gasteiger partial charge on any atom is -0.496 e. The summed E-state index contributed by atoms with van der Waals surface area (Å²) in [6, 6.07) is 15.6. The SMILES string of the molecule is CC[C@@H](C)Oc1ccc(C=Nn2c(-c3cc(C(C)C)c(OC)cc3C)nc3ccccc3c2=O)cc1[N+](=O)[O-]. The molecule has 0 saturated carbocycles. The minimum absolute atomic E-state index is 0.167. The van der Waals surface area contributed by atoms with Gasteiger partial charge in [-0.1, -0.05) is 32.9 Å². The van der Waals surface area contributed by atoms with E-state index in [1.165, 1.54) is 17.0 Å². The summed E-state index contributed by atoms with van der Waals surface area (Å²) < 4.78 is 12.6. The average Bonchev–Trinajstić information content (AvgIpc) is 2.92. The van der Waals surface area contributed by atoms with Gasteiger partial charge in [-0.2, -0.15) is 9.78 Å². The highest BCUT2D eigenvalue weighted by atomic mass is 16.6. The van der Waals surface area contributed by atoms with Crippen LogP contribution >= 0.6 is 0 Å². The van der Waals surface area contributed by atoms with Crippen LogP contribution in [0.5, 0.6) is 11.5 Å². The molecular formula is C30H32N4O5. The second-order valence-corrected chi connectivity index (χ2v) is 9.70. The van der Waals surface area contributed by atoms with Gasteiger partial charge in [-0.15, -0.1) is 0 Å². The van der Waals surface area contributed by atoms with Gasteiger partial charge in [0.2, 0.25) is 0 Å². The van der Waals surface area contributed by atoms with Gasteiger partial charge in [0, 0.05) is 17.2 Å². The lowest BCUT2D eigenvalue weighted by Crippen LogP contribution is -2.21. The molecule has 1 aromatic heterocycles. The lowest BCUT2D eigenvalue weighted by molar-refractivity contribution is -0.386. The first-order chi connectivity index (χ1) is 18.6. The first-order valence-electron chi connectivity index (χ1n) is 12.8. The highest BCUT2D eigenvalue weighted by Crippen LogP contribution is 2.34. The molecular weight excluding hydrogens is 496 g/mol. The Bertz CT molecular complexity index is 1620. The molecule has 39 heavy (non-hydrogen) atoms. The van der Waals surface area contributed by atoms with Crippen LogP contribution in [0.1, 0.15) is 56.7 Å². The number of para-hydroxylation sites is 1. The summed E-state index contributed by atoms with van der Waals surface area (Å²) in [5, 5.41) is 16.6. The first kappa shape index (κ1) is 27.5. The third kappa shape index (κ3) is 5.67. The lowest BCUT2D eigenvalue weighted by Gasteiger charge is -2.17. The van der Waals surface area contributed by atoms with E-state index in [9.17, 15) is 14.9 Å². The summed E-state index contributed by atoms with van der Waals surface area (Å²) in [6.07, 6.45) is 1.96. The number of rotatable bonds is 9. The molecule has 1 heterocycles. The van der Waals surface area contributed by atoms with Crippen molar-refractivity contribution < 1.29 is 14.4 Å². The van der Waals surface area contributed by atoms with Crippen LogP contribution in [0.25, 0.3) is 22.3 Å². The van der Waals surface area contributed by atoms with Crippen molar-refractivity contribution in [3.05, 3.63) is 91.8 Å². The zero-order valence-electron chi connectivity index (χ0n) is 23.0. The molecule has 0 radical (unpaired) electrons. The highest BCUT2D eigenvalue weighted by Gasteiger charge is 2.20. The molecule has 0 aliphatic heterocycles. The van der Waals surface area contributed by atoms with E-state index in [0.29, 0.717) is 28.7 Å². The molecule has 0 spiro atoms. The zero-order valence-corrected chi connectivity index (χ0v) is 23.0. The summed E-state index contributed by atoms with van der Waals surface area (Å²) in [4.78, 5) is 29.7. The lowest BCUT2D eigenvalue weighted by atomic mass is 9.96. The molecule has 0 fully saturated rings. The third-order valence-electron chi connectivity index (χ3n) is 6.60. The Labute approximate surface area is 226 Å². The van der Waals surface area contributed by atoms with Crippen molar-refractivity contribution in [2.24, 2.45) is 5.10 Å². The van der Waals surface area contributed by atoms with Crippen LogP contribution < -0.4 is 15.0 Å². The maximum Gasteiger partial charge on any atom is 0.311 e. The van der Waals surface area contributed by atoms with E-state index in [1.54, 1.807) is 37.4 Å². The van der Waals surface area contributed by atoms with Crippen LogP contribution in [0.15, 0.2) is 64.5 Å². The van der Waals surface area contributed by atoms with Gasteiger partial charge >= 0.3 is 5.69 Å². The van der Waals surface area contributed by atoms with Gasteiger partial charge in [0.05, 0.1) is 35.3 Å². The van der Waals surface area contributed by atoms with Crippen LogP contribution in [0, 0.1) is 17.0 Å². The van der Waals surface area contributed by atoms with Gasteiger partial charge in [-0.05, 0) is 73.7 Å². The second kappa shape index (κ2) is 11.5. The molecule has 4 aromatic rings. The molecule has 0 aliphatic rings. The number of nitrogens with zero attached hydrogens (tertiary/aromatic N) is 4. The number of nitro benzene ring substituents is 1. The molecule has 0 unspecified atom stereocenters. The van der Waals surface area contributed by atoms with E-state index in [-0.39, 0.29) is 29.0 Å². The summed E-state index contributed by atoms with van der Waals surface area (Å²) in [5.74, 6) is 1.48.